The predicted molar refractivity (Wildman–Crippen MR) is 155 cm³/mol. The molecule has 1 unspecified atom stereocenters. The van der Waals surface area contributed by atoms with Gasteiger partial charge in [-0.25, -0.2) is 4.79 Å². The summed E-state index contributed by atoms with van der Waals surface area (Å²) >= 11 is 6.16. The number of nitrogens with zero attached hydrogens (tertiary/aromatic N) is 3. The van der Waals surface area contributed by atoms with Crippen LogP contribution in [0.5, 0.6) is 0 Å². The van der Waals surface area contributed by atoms with Gasteiger partial charge in [0.05, 0.1) is 11.2 Å². The zero-order valence-electron chi connectivity index (χ0n) is 22.7. The van der Waals surface area contributed by atoms with Gasteiger partial charge in [0.2, 0.25) is 5.91 Å². The van der Waals surface area contributed by atoms with Crippen molar-refractivity contribution in [2.75, 3.05) is 31.1 Å². The first-order chi connectivity index (χ1) is 19.0. The van der Waals surface area contributed by atoms with Crippen LogP contribution >= 0.6 is 28.8 Å². The molecule has 1 atom stereocenters. The van der Waals surface area contributed by atoms with Crippen molar-refractivity contribution in [2.45, 2.75) is 58.9 Å². The highest BCUT2D eigenvalue weighted by atomic mass is 35.5. The van der Waals surface area contributed by atoms with Gasteiger partial charge in [-0.1, -0.05) is 25.4 Å². The van der Waals surface area contributed by atoms with Crippen LogP contribution in [0.15, 0.2) is 30.5 Å². The molecule has 1 aromatic carbocycles. The van der Waals surface area contributed by atoms with Gasteiger partial charge in [-0.2, -0.15) is 0 Å². The third kappa shape index (κ3) is 11.6. The number of carbonyl (C=O) groups excluding carboxylic acids is 2. The molecule has 0 spiro atoms. The topological polar surface area (TPSA) is 177 Å². The molecule has 0 fully saturated rings. The SMILES string of the molecule is CCN(CC)CCCC(C)N(C(=O)NCCCC(=O)NC(OP(O)O)OP(O)O)c1ccnc2cc(Cl)ccc12. The quantitative estimate of drug-likeness (QED) is 0.0870. The molecule has 0 aliphatic carbocycles. The van der Waals surface area contributed by atoms with Crippen LogP contribution < -0.4 is 15.5 Å². The summed E-state index contributed by atoms with van der Waals surface area (Å²) in [5.74, 6) is -0.619. The lowest BCUT2D eigenvalue weighted by molar-refractivity contribution is -0.130. The number of amides is 3. The molecule has 1 aromatic heterocycles. The minimum atomic E-state index is -2.92. The number of urea groups is 1. The van der Waals surface area contributed by atoms with Crippen molar-refractivity contribution >= 4 is 57.3 Å². The normalized spacial score (nSPS) is 12.5. The average molecular weight is 622 g/mol. The van der Waals surface area contributed by atoms with E-state index in [4.69, 9.17) is 31.2 Å². The number of hydrogen-bond acceptors (Lipinski definition) is 10. The van der Waals surface area contributed by atoms with Crippen molar-refractivity contribution in [3.8, 4) is 0 Å². The van der Waals surface area contributed by atoms with Crippen LogP contribution in [0.4, 0.5) is 10.5 Å². The van der Waals surface area contributed by atoms with Gasteiger partial charge in [0.15, 0.2) is 0 Å². The second kappa shape index (κ2) is 17.9. The Kier molecular flexibility index (Phi) is 15.4. The second-order valence-corrected chi connectivity index (χ2v) is 10.7. The number of rotatable bonds is 17. The van der Waals surface area contributed by atoms with E-state index >= 15 is 0 Å². The van der Waals surface area contributed by atoms with Crippen LogP contribution in [0.1, 0.15) is 46.5 Å². The summed E-state index contributed by atoms with van der Waals surface area (Å²) < 4.78 is 9.02. The number of aromatic nitrogens is 1. The van der Waals surface area contributed by atoms with E-state index in [0.717, 1.165) is 37.9 Å². The summed E-state index contributed by atoms with van der Waals surface area (Å²) in [4.78, 5) is 69.9. The van der Waals surface area contributed by atoms with E-state index in [2.05, 4.69) is 43.4 Å². The molecule has 6 N–H and O–H groups in total. The number of nitrogens with one attached hydrogen (secondary N) is 2. The molecule has 13 nitrogen and oxygen atoms in total. The molecule has 1 heterocycles. The lowest BCUT2D eigenvalue weighted by atomic mass is 10.1. The van der Waals surface area contributed by atoms with Gasteiger partial charge in [-0.3, -0.25) is 23.7 Å². The molecule has 0 aliphatic heterocycles. The van der Waals surface area contributed by atoms with Crippen LogP contribution in [0.2, 0.25) is 5.02 Å². The molecular weight excluding hydrogens is 584 g/mol. The molecule has 16 heteroatoms. The molecule has 40 heavy (non-hydrogen) atoms. The highest BCUT2D eigenvalue weighted by molar-refractivity contribution is 7.40. The van der Waals surface area contributed by atoms with Crippen molar-refractivity contribution in [3.05, 3.63) is 35.5 Å². The van der Waals surface area contributed by atoms with Crippen molar-refractivity contribution in [3.63, 3.8) is 0 Å². The average Bonchev–Trinajstić information content (AvgIpc) is 2.88. The van der Waals surface area contributed by atoms with E-state index in [0.29, 0.717) is 16.2 Å². The highest BCUT2D eigenvalue weighted by Gasteiger charge is 2.25. The monoisotopic (exact) mass is 621 g/mol. The molecule has 0 aliphatic rings. The number of halogens is 1. The Hall–Kier alpha value is -1.76. The molecular formula is C24H38ClN5O8P2. The first kappa shape index (κ1) is 34.4. The fraction of sp³-hybridized carbons (Fsp3) is 0.542. The zero-order chi connectivity index (χ0) is 29.7. The maximum Gasteiger partial charge on any atom is 0.330 e. The Morgan fingerprint density at radius 3 is 2.38 bits per heavy atom. The lowest BCUT2D eigenvalue weighted by Gasteiger charge is -2.31. The van der Waals surface area contributed by atoms with Gasteiger partial charge < -0.3 is 35.1 Å². The largest absolute Gasteiger partial charge is 0.338 e. The Bertz CT molecular complexity index is 1070. The van der Waals surface area contributed by atoms with Crippen LogP contribution in [-0.4, -0.2) is 80.0 Å². The predicted octanol–water partition coefficient (Wildman–Crippen LogP) is 3.55. The van der Waals surface area contributed by atoms with Crippen LogP contribution in [0.3, 0.4) is 0 Å². The molecule has 0 radical (unpaired) electrons. The van der Waals surface area contributed by atoms with Gasteiger partial charge in [0, 0.05) is 35.6 Å². The van der Waals surface area contributed by atoms with Crippen molar-refractivity contribution in [1.82, 2.24) is 20.5 Å². The summed E-state index contributed by atoms with van der Waals surface area (Å²) in [6, 6.07) is 6.65. The number of carbonyl (C=O) groups is 2. The number of fused-ring (bicyclic) bond motifs is 1. The third-order valence-corrected chi connectivity index (χ3v) is 7.10. The first-order valence-electron chi connectivity index (χ1n) is 12.9. The minimum absolute atomic E-state index is 0.0802. The summed E-state index contributed by atoms with van der Waals surface area (Å²) in [5.41, 5.74) is 1.36. The molecule has 0 saturated carbocycles. The van der Waals surface area contributed by atoms with E-state index in [1.54, 1.807) is 29.3 Å². The fourth-order valence-corrected chi connectivity index (χ4v) is 4.89. The lowest BCUT2D eigenvalue weighted by Crippen LogP contribution is -2.46. The van der Waals surface area contributed by atoms with Crippen molar-refractivity contribution in [1.29, 1.82) is 0 Å². The first-order valence-corrected chi connectivity index (χ1v) is 15.6. The Balaban J connectivity index is 2.07. The van der Waals surface area contributed by atoms with Crippen molar-refractivity contribution < 1.29 is 38.2 Å². The molecule has 2 rings (SSSR count). The van der Waals surface area contributed by atoms with E-state index in [1.807, 2.05) is 13.0 Å². The van der Waals surface area contributed by atoms with E-state index in [1.165, 1.54) is 0 Å². The van der Waals surface area contributed by atoms with Gasteiger partial charge in [-0.05, 0) is 70.1 Å². The molecule has 0 bridgehead atoms. The van der Waals surface area contributed by atoms with Crippen LogP contribution in [0, 0.1) is 0 Å². The van der Waals surface area contributed by atoms with Gasteiger partial charge in [0.1, 0.15) is 0 Å². The molecule has 3 amide bonds. The Labute approximate surface area is 241 Å². The molecule has 224 valence electrons. The van der Waals surface area contributed by atoms with Crippen LogP contribution in [0.25, 0.3) is 10.9 Å². The minimum Gasteiger partial charge on any atom is -0.338 e. The third-order valence-electron chi connectivity index (χ3n) is 6.11. The summed E-state index contributed by atoms with van der Waals surface area (Å²) in [7, 11) is -5.83. The van der Waals surface area contributed by atoms with Crippen LogP contribution in [-0.2, 0) is 13.8 Å². The molecule has 0 saturated heterocycles. The zero-order valence-corrected chi connectivity index (χ0v) is 25.3. The number of hydrogen-bond donors (Lipinski definition) is 6. The fourth-order valence-electron chi connectivity index (χ4n) is 4.12. The second-order valence-electron chi connectivity index (χ2n) is 8.83. The number of benzene rings is 1. The highest BCUT2D eigenvalue weighted by Crippen LogP contribution is 2.33. The number of pyridine rings is 1. The number of anilines is 1. The Morgan fingerprint density at radius 2 is 1.75 bits per heavy atom. The standard InChI is InChI=1S/C24H38ClN5O8P2/c1-4-29(5-2)15-7-8-17(3)30(21-12-14-26-20-16-18(25)10-11-19(20)21)23(32)27-13-6-9-22(31)28-24(37-39(33)34)38-40(35)36/h10-12,14,16-17,24,33-36H,4-9,13,15H2,1-3H3,(H,27,32)(H,28,31). The van der Waals surface area contributed by atoms with E-state index in [9.17, 15) is 9.59 Å². The maximum atomic E-state index is 13.5. The summed E-state index contributed by atoms with van der Waals surface area (Å²) in [5, 5.41) is 6.36. The maximum absolute atomic E-state index is 13.5. The molecule has 2 aromatic rings. The summed E-state index contributed by atoms with van der Waals surface area (Å²) in [6.45, 7) is 9.23. The van der Waals surface area contributed by atoms with Crippen molar-refractivity contribution in [2.24, 2.45) is 0 Å². The smallest absolute Gasteiger partial charge is 0.330 e. The summed E-state index contributed by atoms with van der Waals surface area (Å²) in [6.07, 6.45) is 1.72. The Morgan fingerprint density at radius 1 is 1.07 bits per heavy atom. The van der Waals surface area contributed by atoms with Gasteiger partial charge in [-0.15, -0.1) is 0 Å². The van der Waals surface area contributed by atoms with Gasteiger partial charge >= 0.3 is 23.2 Å². The van der Waals surface area contributed by atoms with E-state index in [-0.39, 0.29) is 31.5 Å². The van der Waals surface area contributed by atoms with E-state index < -0.39 is 29.5 Å². The van der Waals surface area contributed by atoms with Gasteiger partial charge in [0.25, 0.3) is 6.41 Å².